The number of rotatable bonds is 9. The summed E-state index contributed by atoms with van der Waals surface area (Å²) < 4.78 is 13.0. The van der Waals surface area contributed by atoms with E-state index in [1.165, 1.54) is 16.9 Å². The lowest BCUT2D eigenvalue weighted by Crippen LogP contribution is -2.19. The van der Waals surface area contributed by atoms with E-state index < -0.39 is 5.97 Å². The molecule has 0 unspecified atom stereocenters. The molecule has 0 saturated heterocycles. The Morgan fingerprint density at radius 1 is 0.973 bits per heavy atom. The molecule has 0 saturated carbocycles. The van der Waals surface area contributed by atoms with E-state index in [2.05, 4.69) is 30.4 Å². The van der Waals surface area contributed by atoms with Gasteiger partial charge in [-0.15, -0.1) is 11.3 Å². The van der Waals surface area contributed by atoms with Gasteiger partial charge in [-0.25, -0.2) is 4.79 Å². The van der Waals surface area contributed by atoms with Crippen molar-refractivity contribution in [2.75, 3.05) is 18.5 Å². The zero-order valence-electron chi connectivity index (χ0n) is 22.4. The summed E-state index contributed by atoms with van der Waals surface area (Å²) in [5, 5.41) is 4.64. The number of nitrogens with zero attached hydrogens (tertiary/aromatic N) is 1. The number of benzene rings is 2. The standard InChI is InChI=1S/C30H34N2O4S/c1-7-20-11-16-24-23(17-20)18(5)27(32(24)8-2)28(33)31-29-26(30(34)36-10-4)25(19(6)37-29)21-12-14-22(15-13-21)35-9-3/h11-17H,7-10H2,1-6H3,(H,31,33). The Morgan fingerprint density at radius 3 is 2.32 bits per heavy atom. The predicted molar refractivity (Wildman–Crippen MR) is 151 cm³/mol. The van der Waals surface area contributed by atoms with Crippen molar-refractivity contribution in [1.82, 2.24) is 4.57 Å². The lowest BCUT2D eigenvalue weighted by Gasteiger charge is -2.12. The first kappa shape index (κ1) is 26.5. The third kappa shape index (κ3) is 5.01. The fourth-order valence-corrected chi connectivity index (χ4v) is 5.90. The summed E-state index contributed by atoms with van der Waals surface area (Å²) in [5.74, 6) is 0.0736. The summed E-state index contributed by atoms with van der Waals surface area (Å²) in [6.07, 6.45) is 0.930. The van der Waals surface area contributed by atoms with Crippen molar-refractivity contribution < 1.29 is 19.1 Å². The van der Waals surface area contributed by atoms with Crippen LogP contribution < -0.4 is 10.1 Å². The van der Waals surface area contributed by atoms with Gasteiger partial charge in [-0.05, 0) is 82.0 Å². The second-order valence-corrected chi connectivity index (χ2v) is 10.0. The molecule has 0 spiro atoms. The molecular weight excluding hydrogens is 484 g/mol. The van der Waals surface area contributed by atoms with Crippen molar-refractivity contribution in [3.05, 3.63) is 69.7 Å². The Kier molecular flexibility index (Phi) is 8.03. The SMILES string of the molecule is CCOC(=O)c1c(NC(=O)c2c(C)c3cc(CC)ccc3n2CC)sc(C)c1-c1ccc(OCC)cc1. The average Bonchev–Trinajstić information content (AvgIpc) is 3.37. The van der Waals surface area contributed by atoms with E-state index in [4.69, 9.17) is 9.47 Å². The second-order valence-electron chi connectivity index (χ2n) is 8.79. The Bertz CT molecular complexity index is 1450. The van der Waals surface area contributed by atoms with Crippen molar-refractivity contribution >= 4 is 39.1 Å². The number of aromatic nitrogens is 1. The van der Waals surface area contributed by atoms with Gasteiger partial charge in [0.05, 0.1) is 13.2 Å². The topological polar surface area (TPSA) is 69.6 Å². The first-order chi connectivity index (χ1) is 17.8. The van der Waals surface area contributed by atoms with Crippen molar-refractivity contribution in [2.24, 2.45) is 0 Å². The molecule has 0 atom stereocenters. The van der Waals surface area contributed by atoms with Crippen molar-refractivity contribution in [3.63, 3.8) is 0 Å². The largest absolute Gasteiger partial charge is 0.494 e. The van der Waals surface area contributed by atoms with E-state index in [-0.39, 0.29) is 12.5 Å². The smallest absolute Gasteiger partial charge is 0.341 e. The molecular formula is C30H34N2O4S. The van der Waals surface area contributed by atoms with Crippen molar-refractivity contribution in [2.45, 2.75) is 54.5 Å². The normalized spacial score (nSPS) is 11.1. The third-order valence-corrected chi connectivity index (χ3v) is 7.59. The maximum absolute atomic E-state index is 13.8. The number of thiophene rings is 1. The number of fused-ring (bicyclic) bond motifs is 1. The molecule has 0 aliphatic heterocycles. The summed E-state index contributed by atoms with van der Waals surface area (Å²) >= 11 is 1.39. The number of esters is 1. The van der Waals surface area contributed by atoms with Gasteiger partial charge in [-0.1, -0.05) is 25.1 Å². The fourth-order valence-electron chi connectivity index (χ4n) is 4.84. The van der Waals surface area contributed by atoms with Gasteiger partial charge in [-0.2, -0.15) is 0 Å². The van der Waals surface area contributed by atoms with Crippen LogP contribution in [0.2, 0.25) is 0 Å². The highest BCUT2D eigenvalue weighted by Gasteiger charge is 2.27. The van der Waals surface area contributed by atoms with E-state index in [1.807, 2.05) is 56.5 Å². The van der Waals surface area contributed by atoms with Gasteiger partial charge in [0, 0.05) is 27.9 Å². The lowest BCUT2D eigenvalue weighted by molar-refractivity contribution is 0.0529. The van der Waals surface area contributed by atoms with Gasteiger partial charge in [0.2, 0.25) is 0 Å². The van der Waals surface area contributed by atoms with Crippen LogP contribution in [0.3, 0.4) is 0 Å². The van der Waals surface area contributed by atoms with E-state index in [1.54, 1.807) is 6.92 Å². The van der Waals surface area contributed by atoms with Crippen LogP contribution in [-0.2, 0) is 17.7 Å². The van der Waals surface area contributed by atoms with Crippen LogP contribution in [0.1, 0.15) is 64.5 Å². The molecule has 194 valence electrons. The molecule has 0 aliphatic rings. The van der Waals surface area contributed by atoms with E-state index in [0.29, 0.717) is 29.4 Å². The highest BCUT2D eigenvalue weighted by molar-refractivity contribution is 7.17. The Labute approximate surface area is 222 Å². The van der Waals surface area contributed by atoms with Crippen molar-refractivity contribution in [3.8, 4) is 16.9 Å². The molecule has 4 aromatic rings. The molecule has 2 heterocycles. The Morgan fingerprint density at radius 2 is 1.70 bits per heavy atom. The van der Waals surface area contributed by atoms with E-state index >= 15 is 0 Å². The number of hydrogen-bond acceptors (Lipinski definition) is 5. The molecule has 6 nitrogen and oxygen atoms in total. The molecule has 37 heavy (non-hydrogen) atoms. The highest BCUT2D eigenvalue weighted by atomic mass is 32.1. The summed E-state index contributed by atoms with van der Waals surface area (Å²) in [6, 6.07) is 14.0. The van der Waals surface area contributed by atoms with E-state index in [0.717, 1.165) is 44.6 Å². The van der Waals surface area contributed by atoms with Crippen LogP contribution >= 0.6 is 11.3 Å². The molecule has 0 aliphatic carbocycles. The van der Waals surface area contributed by atoms with Gasteiger partial charge in [0.25, 0.3) is 5.91 Å². The van der Waals surface area contributed by atoms with Crippen LogP contribution in [0.25, 0.3) is 22.0 Å². The highest BCUT2D eigenvalue weighted by Crippen LogP contribution is 2.41. The average molecular weight is 519 g/mol. The molecule has 1 N–H and O–H groups in total. The minimum Gasteiger partial charge on any atom is -0.494 e. The monoisotopic (exact) mass is 518 g/mol. The quantitative estimate of drug-likeness (QED) is 0.234. The minimum atomic E-state index is -0.452. The molecule has 7 heteroatoms. The third-order valence-electron chi connectivity index (χ3n) is 6.57. The number of carbonyl (C=O) groups excluding carboxylic acids is 2. The van der Waals surface area contributed by atoms with Crippen molar-refractivity contribution in [1.29, 1.82) is 0 Å². The van der Waals surface area contributed by atoms with Gasteiger partial charge in [0.1, 0.15) is 22.0 Å². The number of ether oxygens (including phenoxy) is 2. The number of aryl methyl sites for hydroxylation is 4. The predicted octanol–water partition coefficient (Wildman–Crippen LogP) is 7.40. The van der Waals surface area contributed by atoms with E-state index in [9.17, 15) is 9.59 Å². The number of anilines is 1. The summed E-state index contributed by atoms with van der Waals surface area (Å²) in [6.45, 7) is 13.3. The zero-order chi connectivity index (χ0) is 26.7. The summed E-state index contributed by atoms with van der Waals surface area (Å²) in [5.41, 5.74) is 5.82. The van der Waals surface area contributed by atoms with Gasteiger partial charge in [-0.3, -0.25) is 4.79 Å². The molecule has 1 amide bonds. The number of carbonyl (C=O) groups is 2. The molecule has 0 radical (unpaired) electrons. The maximum Gasteiger partial charge on any atom is 0.341 e. The van der Waals surface area contributed by atoms with Gasteiger partial charge in [0.15, 0.2) is 0 Å². The summed E-state index contributed by atoms with van der Waals surface area (Å²) in [4.78, 5) is 27.8. The molecule has 0 fully saturated rings. The number of amides is 1. The Balaban J connectivity index is 1.79. The first-order valence-corrected chi connectivity index (χ1v) is 13.6. The number of nitrogens with one attached hydrogen (secondary N) is 1. The minimum absolute atomic E-state index is 0.237. The second kappa shape index (κ2) is 11.2. The molecule has 2 aromatic carbocycles. The van der Waals surface area contributed by atoms with Gasteiger partial charge < -0.3 is 19.4 Å². The van der Waals surface area contributed by atoms with Crippen LogP contribution in [0.4, 0.5) is 5.00 Å². The lowest BCUT2D eigenvalue weighted by atomic mass is 10.0. The number of hydrogen-bond donors (Lipinski definition) is 1. The fraction of sp³-hybridized carbons (Fsp3) is 0.333. The molecule has 4 rings (SSSR count). The van der Waals surface area contributed by atoms with Gasteiger partial charge >= 0.3 is 5.97 Å². The van der Waals surface area contributed by atoms with Crippen LogP contribution in [0, 0.1) is 13.8 Å². The zero-order valence-corrected chi connectivity index (χ0v) is 23.2. The first-order valence-electron chi connectivity index (χ1n) is 12.8. The van der Waals surface area contributed by atoms with Crippen LogP contribution in [0.15, 0.2) is 42.5 Å². The Hall–Kier alpha value is -3.58. The maximum atomic E-state index is 13.8. The molecule has 0 bridgehead atoms. The molecule has 2 aromatic heterocycles. The van der Waals surface area contributed by atoms with Crippen LogP contribution in [0.5, 0.6) is 5.75 Å². The van der Waals surface area contributed by atoms with Crippen LogP contribution in [-0.4, -0.2) is 29.7 Å². The summed E-state index contributed by atoms with van der Waals surface area (Å²) in [7, 11) is 0.